The summed E-state index contributed by atoms with van der Waals surface area (Å²) in [4.78, 5) is 25.4. The number of halogens is 2. The molecule has 0 radical (unpaired) electrons. The average molecular weight is 471 g/mol. The molecule has 7 heteroatoms. The predicted molar refractivity (Wildman–Crippen MR) is 131 cm³/mol. The third-order valence-electron chi connectivity index (χ3n) is 4.22. The van der Waals surface area contributed by atoms with Crippen LogP contribution in [-0.2, 0) is 9.59 Å². The molecule has 31 heavy (non-hydrogen) atoms. The van der Waals surface area contributed by atoms with E-state index in [9.17, 15) is 9.59 Å². The van der Waals surface area contributed by atoms with E-state index in [2.05, 4.69) is 10.6 Å². The Balaban J connectivity index is 1.52. The van der Waals surface area contributed by atoms with Gasteiger partial charge in [0, 0.05) is 22.3 Å². The van der Waals surface area contributed by atoms with Gasteiger partial charge in [0.15, 0.2) is 0 Å². The first-order valence-corrected chi connectivity index (χ1v) is 11.1. The van der Waals surface area contributed by atoms with Crippen LogP contribution in [0.3, 0.4) is 0 Å². The van der Waals surface area contributed by atoms with Crippen molar-refractivity contribution in [3.05, 3.63) is 94.5 Å². The van der Waals surface area contributed by atoms with Gasteiger partial charge in [0.05, 0.1) is 15.3 Å². The Labute approximate surface area is 195 Å². The summed E-state index contributed by atoms with van der Waals surface area (Å²) in [7, 11) is 0. The first-order chi connectivity index (χ1) is 14.9. The molecule has 158 valence electrons. The van der Waals surface area contributed by atoms with Crippen LogP contribution in [0.15, 0.2) is 83.8 Å². The third-order valence-corrected chi connectivity index (χ3v) is 6.07. The Hall–Kier alpha value is -2.73. The summed E-state index contributed by atoms with van der Waals surface area (Å²) in [5, 5.41) is 6.14. The molecule has 0 aliphatic rings. The third kappa shape index (κ3) is 7.17. The topological polar surface area (TPSA) is 58.2 Å². The van der Waals surface area contributed by atoms with E-state index in [4.69, 9.17) is 23.2 Å². The van der Waals surface area contributed by atoms with Crippen LogP contribution >= 0.6 is 35.0 Å². The quantitative estimate of drug-likeness (QED) is 0.296. The van der Waals surface area contributed by atoms with Gasteiger partial charge in [0.2, 0.25) is 11.8 Å². The van der Waals surface area contributed by atoms with E-state index < -0.39 is 0 Å². The first kappa shape index (κ1) is 22.9. The van der Waals surface area contributed by atoms with Gasteiger partial charge in [-0.2, -0.15) is 0 Å². The summed E-state index contributed by atoms with van der Waals surface area (Å²) in [6.45, 7) is 1.82. The van der Waals surface area contributed by atoms with E-state index in [1.54, 1.807) is 36.4 Å². The van der Waals surface area contributed by atoms with Gasteiger partial charge in [-0.05, 0) is 61.0 Å². The second-order valence-corrected chi connectivity index (χ2v) is 8.86. The fraction of sp³-hybridized carbons (Fsp3) is 0.0833. The molecule has 2 N–H and O–H groups in total. The van der Waals surface area contributed by atoms with Crippen LogP contribution in [0.4, 0.5) is 11.4 Å². The molecule has 0 aliphatic carbocycles. The number of anilines is 2. The highest BCUT2D eigenvalue weighted by molar-refractivity contribution is 8.00. The lowest BCUT2D eigenvalue weighted by Gasteiger charge is -2.13. The van der Waals surface area contributed by atoms with Crippen molar-refractivity contribution < 1.29 is 9.59 Å². The maximum Gasteiger partial charge on any atom is 0.248 e. The summed E-state index contributed by atoms with van der Waals surface area (Å²) in [5.74, 6) is -0.356. The standard InChI is InChI=1S/C24H20Cl2N2O2S/c1-16(24(30)28-19-10-13-21(25)22(26)15-19)31-20-11-8-18(9-12-20)27-23(29)14-7-17-5-3-2-4-6-17/h2-16H,1H3,(H,27,29)(H,28,30)/b14-7+. The molecule has 0 aliphatic heterocycles. The first-order valence-electron chi connectivity index (χ1n) is 9.47. The molecule has 3 rings (SSSR count). The van der Waals surface area contributed by atoms with Crippen LogP contribution < -0.4 is 10.6 Å². The minimum Gasteiger partial charge on any atom is -0.325 e. The number of carbonyl (C=O) groups excluding carboxylic acids is 2. The molecule has 0 aromatic heterocycles. The number of benzene rings is 3. The second kappa shape index (κ2) is 11.0. The number of carbonyl (C=O) groups is 2. The molecule has 2 amide bonds. The van der Waals surface area contributed by atoms with Crippen molar-refractivity contribution in [1.82, 2.24) is 0 Å². The zero-order valence-corrected chi connectivity index (χ0v) is 19.0. The lowest BCUT2D eigenvalue weighted by Crippen LogP contribution is -2.22. The monoisotopic (exact) mass is 470 g/mol. The highest BCUT2D eigenvalue weighted by Crippen LogP contribution is 2.28. The van der Waals surface area contributed by atoms with Crippen molar-refractivity contribution in [2.24, 2.45) is 0 Å². The molecule has 4 nitrogen and oxygen atoms in total. The van der Waals surface area contributed by atoms with Crippen molar-refractivity contribution in [2.75, 3.05) is 10.6 Å². The predicted octanol–water partition coefficient (Wildman–Crippen LogP) is 6.76. The number of hydrogen-bond donors (Lipinski definition) is 2. The van der Waals surface area contributed by atoms with E-state index in [-0.39, 0.29) is 17.1 Å². The second-order valence-electron chi connectivity index (χ2n) is 6.64. The largest absolute Gasteiger partial charge is 0.325 e. The lowest BCUT2D eigenvalue weighted by atomic mass is 10.2. The van der Waals surface area contributed by atoms with Crippen LogP contribution in [0.5, 0.6) is 0 Å². The molecular weight excluding hydrogens is 451 g/mol. The molecule has 3 aromatic carbocycles. The molecule has 3 aromatic rings. The molecular formula is C24H20Cl2N2O2S. The number of rotatable bonds is 7. The number of nitrogens with one attached hydrogen (secondary N) is 2. The Morgan fingerprint density at radius 1 is 0.871 bits per heavy atom. The number of amides is 2. The van der Waals surface area contributed by atoms with Crippen molar-refractivity contribution in [3.8, 4) is 0 Å². The van der Waals surface area contributed by atoms with Gasteiger partial charge in [-0.1, -0.05) is 53.5 Å². The molecule has 0 bridgehead atoms. The highest BCUT2D eigenvalue weighted by Gasteiger charge is 2.15. The highest BCUT2D eigenvalue weighted by atomic mass is 35.5. The number of thioether (sulfide) groups is 1. The van der Waals surface area contributed by atoms with Crippen molar-refractivity contribution in [2.45, 2.75) is 17.1 Å². The Morgan fingerprint density at radius 2 is 1.55 bits per heavy atom. The fourth-order valence-corrected chi connectivity index (χ4v) is 3.78. The van der Waals surface area contributed by atoms with Gasteiger partial charge in [-0.25, -0.2) is 0 Å². The van der Waals surface area contributed by atoms with E-state index in [0.717, 1.165) is 10.5 Å². The van der Waals surface area contributed by atoms with Crippen molar-refractivity contribution in [1.29, 1.82) is 0 Å². The summed E-state index contributed by atoms with van der Waals surface area (Å²) < 4.78 is 0. The summed E-state index contributed by atoms with van der Waals surface area (Å²) in [5.41, 5.74) is 2.23. The zero-order chi connectivity index (χ0) is 22.2. The Kier molecular flexibility index (Phi) is 8.18. The molecule has 0 heterocycles. The van der Waals surface area contributed by atoms with Gasteiger partial charge in [-0.15, -0.1) is 11.8 Å². The lowest BCUT2D eigenvalue weighted by molar-refractivity contribution is -0.115. The molecule has 0 saturated heterocycles. The van der Waals surface area contributed by atoms with E-state index >= 15 is 0 Å². The zero-order valence-electron chi connectivity index (χ0n) is 16.6. The average Bonchev–Trinajstić information content (AvgIpc) is 2.77. The van der Waals surface area contributed by atoms with E-state index in [0.29, 0.717) is 21.4 Å². The Bertz CT molecular complexity index is 1090. The van der Waals surface area contributed by atoms with Gasteiger partial charge in [0.25, 0.3) is 0 Å². The smallest absolute Gasteiger partial charge is 0.248 e. The van der Waals surface area contributed by atoms with E-state index in [1.165, 1.54) is 17.8 Å². The number of hydrogen-bond acceptors (Lipinski definition) is 3. The maximum atomic E-state index is 12.4. The van der Waals surface area contributed by atoms with E-state index in [1.807, 2.05) is 49.4 Å². The normalized spacial score (nSPS) is 11.8. The van der Waals surface area contributed by atoms with Crippen LogP contribution in [0, 0.1) is 0 Å². The SMILES string of the molecule is CC(Sc1ccc(NC(=O)/C=C/c2ccccc2)cc1)C(=O)Nc1ccc(Cl)c(Cl)c1. The summed E-state index contributed by atoms with van der Waals surface area (Å²) >= 11 is 13.3. The van der Waals surface area contributed by atoms with Crippen LogP contribution in [0.1, 0.15) is 12.5 Å². The minimum atomic E-state index is -0.330. The van der Waals surface area contributed by atoms with Gasteiger partial charge >= 0.3 is 0 Å². The molecule has 0 fully saturated rings. The van der Waals surface area contributed by atoms with Crippen molar-refractivity contribution >= 4 is 64.2 Å². The fourth-order valence-electron chi connectivity index (χ4n) is 2.61. The van der Waals surface area contributed by atoms with Gasteiger partial charge in [0.1, 0.15) is 0 Å². The van der Waals surface area contributed by atoms with Gasteiger partial charge < -0.3 is 10.6 Å². The molecule has 1 atom stereocenters. The maximum absolute atomic E-state index is 12.4. The van der Waals surface area contributed by atoms with Crippen LogP contribution in [0.25, 0.3) is 6.08 Å². The molecule has 1 unspecified atom stereocenters. The molecule has 0 saturated carbocycles. The minimum absolute atomic E-state index is 0.146. The summed E-state index contributed by atoms with van der Waals surface area (Å²) in [6.07, 6.45) is 3.25. The van der Waals surface area contributed by atoms with Gasteiger partial charge in [-0.3, -0.25) is 9.59 Å². The molecule has 0 spiro atoms. The van der Waals surface area contributed by atoms with Crippen molar-refractivity contribution in [3.63, 3.8) is 0 Å². The van der Waals surface area contributed by atoms with Crippen LogP contribution in [0.2, 0.25) is 10.0 Å². The summed E-state index contributed by atoms with van der Waals surface area (Å²) in [6, 6.07) is 21.9. The Morgan fingerprint density at radius 3 is 2.23 bits per heavy atom. The van der Waals surface area contributed by atoms with Crippen LogP contribution in [-0.4, -0.2) is 17.1 Å².